The molecule has 0 radical (unpaired) electrons. The molecule has 132 valence electrons. The van der Waals surface area contributed by atoms with E-state index in [2.05, 4.69) is 53.0 Å². The van der Waals surface area contributed by atoms with Crippen LogP contribution < -0.4 is 0 Å². The van der Waals surface area contributed by atoms with Gasteiger partial charge in [0.2, 0.25) is 0 Å². The Labute approximate surface area is 180 Å². The quantitative estimate of drug-likeness (QED) is 0.232. The second kappa shape index (κ2) is 6.58. The van der Waals surface area contributed by atoms with Crippen molar-refractivity contribution < 1.29 is 0 Å². The molecule has 7 heteroatoms. The highest BCUT2D eigenvalue weighted by atomic mass is 79.9. The van der Waals surface area contributed by atoms with Crippen LogP contribution in [0.15, 0.2) is 45.3 Å². The fourth-order valence-corrected chi connectivity index (χ4v) is 5.10. The second-order valence-corrected chi connectivity index (χ2v) is 8.51. The Bertz CT molecular complexity index is 1220. The average Bonchev–Trinajstić information content (AvgIpc) is 3.40. The molecule has 0 saturated heterocycles. The van der Waals surface area contributed by atoms with Gasteiger partial charge in [-0.15, -0.1) is 0 Å². The van der Waals surface area contributed by atoms with Crippen LogP contribution in [-0.4, -0.2) is 18.5 Å². The second-order valence-electron chi connectivity index (χ2n) is 6.22. The van der Waals surface area contributed by atoms with E-state index in [4.69, 9.17) is 9.97 Å². The van der Waals surface area contributed by atoms with E-state index in [0.29, 0.717) is 0 Å². The molecule has 0 spiro atoms. The molecule has 2 aliphatic heterocycles. The van der Waals surface area contributed by atoms with Crippen LogP contribution in [0.5, 0.6) is 0 Å². The van der Waals surface area contributed by atoms with Gasteiger partial charge in [0.1, 0.15) is 0 Å². The number of hydrogen-bond acceptors (Lipinski definition) is 2. The first-order chi connectivity index (χ1) is 13.1. The van der Waals surface area contributed by atoms with Gasteiger partial charge in [-0.25, -0.2) is 9.97 Å². The lowest BCUT2D eigenvalue weighted by atomic mass is 10.3. The largest absolute Gasteiger partial charge is 0.355 e. The summed E-state index contributed by atoms with van der Waals surface area (Å²) in [6.07, 6.45) is 8.04. The number of nitrogens with zero attached hydrogens (tertiary/aromatic N) is 3. The predicted molar refractivity (Wildman–Crippen MR) is 122 cm³/mol. The van der Waals surface area contributed by atoms with Crippen molar-refractivity contribution in [2.24, 2.45) is 0 Å². The lowest BCUT2D eigenvalue weighted by molar-refractivity contribution is 1.30. The summed E-state index contributed by atoms with van der Waals surface area (Å²) in [6.45, 7) is 0. The average molecular weight is 547 g/mol. The number of H-pyrrole nitrogens is 1. The summed E-state index contributed by atoms with van der Waals surface area (Å²) < 4.78 is 3.85. The minimum atomic E-state index is 0.887. The molecule has 3 aromatic heterocycles. The summed E-state index contributed by atoms with van der Waals surface area (Å²) in [7, 11) is 0. The molecule has 0 aromatic carbocycles. The molecule has 0 saturated carbocycles. The molecule has 5 rings (SSSR count). The maximum atomic E-state index is 4.70. The predicted octanol–water partition coefficient (Wildman–Crippen LogP) is 6.81. The van der Waals surface area contributed by atoms with Crippen LogP contribution in [0.2, 0.25) is 0 Å². The number of fused-ring (bicyclic) bond motifs is 8. The number of hydrogen-bond donors (Lipinski definition) is 1. The van der Waals surface area contributed by atoms with Gasteiger partial charge in [0.05, 0.1) is 58.9 Å². The van der Waals surface area contributed by atoms with E-state index in [1.165, 1.54) is 0 Å². The molecule has 3 aromatic rings. The molecule has 0 amide bonds. The van der Waals surface area contributed by atoms with Crippen molar-refractivity contribution in [2.75, 3.05) is 0 Å². The van der Waals surface area contributed by atoms with Gasteiger partial charge in [-0.05, 0) is 92.6 Å². The fourth-order valence-electron chi connectivity index (χ4n) is 3.07. The molecule has 5 heterocycles. The Hall–Kier alpha value is -1.96. The smallest absolute Gasteiger partial charge is 0.0701 e. The lowest BCUT2D eigenvalue weighted by Gasteiger charge is -1.93. The van der Waals surface area contributed by atoms with Gasteiger partial charge in [-0.2, -0.15) is 0 Å². The van der Waals surface area contributed by atoms with Crippen molar-refractivity contribution in [3.63, 3.8) is 0 Å². The highest BCUT2D eigenvalue weighted by Crippen LogP contribution is 2.36. The van der Waals surface area contributed by atoms with Gasteiger partial charge >= 0.3 is 0 Å². The maximum absolute atomic E-state index is 4.70. The van der Waals surface area contributed by atoms with Gasteiger partial charge < -0.3 is 4.98 Å². The molecular weight excluding hydrogens is 536 g/mol. The fraction of sp³-hybridized carbons (Fsp3) is 0. The normalized spacial score (nSPS) is 12.7. The standard InChI is InChI=1S/C20H11Br3N4/c21-19-17-9-15-5-3-13(25-15)7-11-1-2-12(24-11)8-14-4-6-16(26-14)10-18(20(19)22)27(17)23/h1-10,24H. The third kappa shape index (κ3) is 3.13. The summed E-state index contributed by atoms with van der Waals surface area (Å²) in [5, 5.41) is 0. The van der Waals surface area contributed by atoms with Gasteiger partial charge in [0.15, 0.2) is 0 Å². The molecule has 1 N–H and O–H groups in total. The number of rotatable bonds is 0. The Morgan fingerprint density at radius 1 is 0.667 bits per heavy atom. The van der Waals surface area contributed by atoms with Crippen molar-refractivity contribution in [3.8, 4) is 0 Å². The Kier molecular flexibility index (Phi) is 4.18. The molecule has 27 heavy (non-hydrogen) atoms. The molecular formula is C20H11Br3N4. The van der Waals surface area contributed by atoms with E-state index in [1.54, 1.807) is 0 Å². The SMILES string of the molecule is Brc1c(Br)c2cc3nc(cc4ccc(cc5nc(cc1n2Br)C=C5)[nH]4)C=C3. The first kappa shape index (κ1) is 17.2. The molecule has 0 unspecified atom stereocenters. The monoisotopic (exact) mass is 544 g/mol. The van der Waals surface area contributed by atoms with Gasteiger partial charge in [-0.1, -0.05) is 0 Å². The van der Waals surface area contributed by atoms with Crippen LogP contribution >= 0.6 is 48.0 Å². The number of aromatic nitrogens is 4. The Balaban J connectivity index is 1.93. The van der Waals surface area contributed by atoms with Gasteiger partial charge in [0.25, 0.3) is 0 Å². The summed E-state index contributed by atoms with van der Waals surface area (Å²) >= 11 is 11.0. The topological polar surface area (TPSA) is 46.5 Å². The van der Waals surface area contributed by atoms with E-state index in [0.717, 1.165) is 53.8 Å². The zero-order chi connectivity index (χ0) is 18.5. The minimum absolute atomic E-state index is 0.887. The van der Waals surface area contributed by atoms with Crippen LogP contribution in [0, 0.1) is 0 Å². The van der Waals surface area contributed by atoms with Crippen molar-refractivity contribution in [3.05, 3.63) is 68.1 Å². The van der Waals surface area contributed by atoms with Crippen LogP contribution in [0.1, 0.15) is 22.8 Å². The van der Waals surface area contributed by atoms with E-state index in [9.17, 15) is 0 Å². The summed E-state index contributed by atoms with van der Waals surface area (Å²) in [5.74, 6) is 0. The highest BCUT2D eigenvalue weighted by molar-refractivity contribution is 9.13. The zero-order valence-electron chi connectivity index (χ0n) is 13.7. The van der Waals surface area contributed by atoms with Crippen LogP contribution in [0.4, 0.5) is 0 Å². The number of nitrogens with one attached hydrogen (secondary N) is 1. The molecule has 0 fully saturated rings. The molecule has 4 nitrogen and oxygen atoms in total. The van der Waals surface area contributed by atoms with Crippen molar-refractivity contribution >= 4 is 94.4 Å². The zero-order valence-corrected chi connectivity index (χ0v) is 18.5. The third-order valence-electron chi connectivity index (χ3n) is 4.34. The van der Waals surface area contributed by atoms with Crippen LogP contribution in [0.25, 0.3) is 46.4 Å². The molecule has 2 aliphatic rings. The molecule has 8 bridgehead atoms. The maximum Gasteiger partial charge on any atom is 0.0701 e. The summed E-state index contributed by atoms with van der Waals surface area (Å²) in [4.78, 5) is 12.8. The van der Waals surface area contributed by atoms with Crippen molar-refractivity contribution in [2.45, 2.75) is 0 Å². The van der Waals surface area contributed by atoms with Crippen molar-refractivity contribution in [1.82, 2.24) is 18.5 Å². The van der Waals surface area contributed by atoms with Crippen molar-refractivity contribution in [1.29, 1.82) is 0 Å². The van der Waals surface area contributed by atoms with Gasteiger partial charge in [-0.3, -0.25) is 3.59 Å². The van der Waals surface area contributed by atoms with Crippen LogP contribution in [0.3, 0.4) is 0 Å². The number of halogens is 3. The lowest BCUT2D eigenvalue weighted by Crippen LogP contribution is -1.80. The van der Waals surface area contributed by atoms with E-state index in [-0.39, 0.29) is 0 Å². The van der Waals surface area contributed by atoms with E-state index >= 15 is 0 Å². The van der Waals surface area contributed by atoms with E-state index < -0.39 is 0 Å². The first-order valence-corrected chi connectivity index (χ1v) is 10.5. The summed E-state index contributed by atoms with van der Waals surface area (Å²) in [5.41, 5.74) is 7.53. The number of aromatic amines is 1. The summed E-state index contributed by atoms with van der Waals surface area (Å²) in [6, 6.07) is 12.2. The molecule has 0 atom stereocenters. The van der Waals surface area contributed by atoms with E-state index in [1.807, 2.05) is 64.3 Å². The van der Waals surface area contributed by atoms with Gasteiger partial charge in [0, 0.05) is 11.0 Å². The minimum Gasteiger partial charge on any atom is -0.355 e. The third-order valence-corrected chi connectivity index (χ3v) is 7.24. The Morgan fingerprint density at radius 3 is 1.52 bits per heavy atom. The Morgan fingerprint density at radius 2 is 1.07 bits per heavy atom. The van der Waals surface area contributed by atoms with Crippen LogP contribution in [-0.2, 0) is 0 Å². The first-order valence-electron chi connectivity index (χ1n) is 8.18. The molecule has 0 aliphatic carbocycles. The highest BCUT2D eigenvalue weighted by Gasteiger charge is 2.12.